The Bertz CT molecular complexity index is 938. The fourth-order valence-corrected chi connectivity index (χ4v) is 7.33. The summed E-state index contributed by atoms with van der Waals surface area (Å²) < 4.78 is 10.5. The van der Waals surface area contributed by atoms with Gasteiger partial charge in [-0.2, -0.15) is 0 Å². The van der Waals surface area contributed by atoms with Gasteiger partial charge in [-0.15, -0.1) is 0 Å². The van der Waals surface area contributed by atoms with Gasteiger partial charge < -0.3 is 9.47 Å². The van der Waals surface area contributed by atoms with Gasteiger partial charge in [0.2, 0.25) is 0 Å². The van der Waals surface area contributed by atoms with Crippen molar-refractivity contribution in [3.05, 3.63) is 84.4 Å². The van der Waals surface area contributed by atoms with Gasteiger partial charge in [-0.3, -0.25) is 4.90 Å². The summed E-state index contributed by atoms with van der Waals surface area (Å²) in [6, 6.07) is 27.6. The van der Waals surface area contributed by atoms with E-state index in [0.717, 1.165) is 17.9 Å². The number of amides is 1. The molecule has 4 rings (SSSR count). The second kappa shape index (κ2) is 8.53. The third-order valence-electron chi connectivity index (χ3n) is 5.46. The van der Waals surface area contributed by atoms with Crippen LogP contribution < -0.4 is 20.0 Å². The summed E-state index contributed by atoms with van der Waals surface area (Å²) in [4.78, 5) is 14.1. The van der Waals surface area contributed by atoms with E-state index < -0.39 is 8.80 Å². The van der Waals surface area contributed by atoms with Crippen LogP contribution in [0.1, 0.15) is 17.5 Å². The van der Waals surface area contributed by atoms with Gasteiger partial charge >= 0.3 is 6.09 Å². The van der Waals surface area contributed by atoms with Crippen LogP contribution in [0.25, 0.3) is 0 Å². The van der Waals surface area contributed by atoms with Crippen LogP contribution in [0.3, 0.4) is 0 Å². The van der Waals surface area contributed by atoms with Gasteiger partial charge in [0.05, 0.1) is 19.9 Å². The minimum atomic E-state index is -1.11. The lowest BCUT2D eigenvalue weighted by Crippen LogP contribution is -2.50. The number of ether oxygens (including phenoxy) is 2. The van der Waals surface area contributed by atoms with Gasteiger partial charge in [0.15, 0.2) is 0 Å². The van der Waals surface area contributed by atoms with E-state index in [2.05, 4.69) is 66.7 Å². The molecule has 0 fully saturated rings. The standard InChI is InChI=1S/C24H24NO3Si/c1-27-18-13-14-21-22(17-18)25(24(26)28-2)16-15-23(21)29(19-9-5-3-6-10-19)20-11-7-4-8-12-20/h3-14,17,23H,15-16H2,1-2H3/t23-/m1/s1. The van der Waals surface area contributed by atoms with E-state index in [1.165, 1.54) is 23.0 Å². The van der Waals surface area contributed by atoms with Crippen LogP contribution in [0.15, 0.2) is 78.9 Å². The number of carbonyl (C=O) groups is 1. The Kier molecular flexibility index (Phi) is 5.67. The Hall–Kier alpha value is -3.05. The van der Waals surface area contributed by atoms with Gasteiger partial charge in [-0.05, 0) is 23.6 Å². The number of anilines is 1. The number of carbonyl (C=O) groups excluding carboxylic acids is 1. The minimum Gasteiger partial charge on any atom is -0.497 e. The third-order valence-corrected chi connectivity index (χ3v) is 8.67. The van der Waals surface area contributed by atoms with Gasteiger partial charge in [0.1, 0.15) is 14.5 Å². The topological polar surface area (TPSA) is 38.8 Å². The predicted molar refractivity (Wildman–Crippen MR) is 118 cm³/mol. The number of hydrogen-bond acceptors (Lipinski definition) is 3. The van der Waals surface area contributed by atoms with Gasteiger partial charge in [0, 0.05) is 12.6 Å². The summed E-state index contributed by atoms with van der Waals surface area (Å²) in [5.41, 5.74) is 2.41. The van der Waals surface area contributed by atoms with Crippen LogP contribution in [-0.4, -0.2) is 35.7 Å². The first-order valence-electron chi connectivity index (χ1n) is 9.74. The number of fused-ring (bicyclic) bond motifs is 1. The summed E-state index contributed by atoms with van der Waals surface area (Å²) in [7, 11) is 1.97. The molecule has 0 aliphatic carbocycles. The van der Waals surface area contributed by atoms with Crippen LogP contribution in [0.2, 0.25) is 0 Å². The highest BCUT2D eigenvalue weighted by molar-refractivity contribution is 6.86. The van der Waals surface area contributed by atoms with E-state index in [9.17, 15) is 4.79 Å². The Labute approximate surface area is 173 Å². The van der Waals surface area contributed by atoms with E-state index in [1.54, 1.807) is 12.0 Å². The minimum absolute atomic E-state index is 0.328. The molecule has 1 amide bonds. The Balaban J connectivity index is 1.85. The fraction of sp³-hybridized carbons (Fsp3) is 0.208. The molecular weight excluding hydrogens is 378 g/mol. The molecule has 0 saturated heterocycles. The molecular formula is C24H24NO3Si. The summed E-state index contributed by atoms with van der Waals surface area (Å²) in [6.07, 6.45) is 0.568. The van der Waals surface area contributed by atoms with Gasteiger partial charge in [-0.25, -0.2) is 4.79 Å². The highest BCUT2D eigenvalue weighted by atomic mass is 28.3. The Morgan fingerprint density at radius 1 is 0.931 bits per heavy atom. The average molecular weight is 403 g/mol. The summed E-state index contributed by atoms with van der Waals surface area (Å²) in [5, 5.41) is 2.75. The first-order chi connectivity index (χ1) is 14.2. The van der Waals surface area contributed by atoms with E-state index in [1.807, 2.05) is 12.1 Å². The highest BCUT2D eigenvalue weighted by Crippen LogP contribution is 2.39. The van der Waals surface area contributed by atoms with Crippen molar-refractivity contribution in [2.24, 2.45) is 0 Å². The fourth-order valence-electron chi connectivity index (χ4n) is 4.12. The molecule has 4 nitrogen and oxygen atoms in total. The molecule has 1 aliphatic rings. The number of nitrogens with zero attached hydrogens (tertiary/aromatic N) is 1. The maximum Gasteiger partial charge on any atom is 0.414 e. The van der Waals surface area contributed by atoms with Crippen molar-refractivity contribution < 1.29 is 14.3 Å². The second-order valence-electron chi connectivity index (χ2n) is 7.03. The number of hydrogen-bond donors (Lipinski definition) is 0. The van der Waals surface area contributed by atoms with Gasteiger partial charge in [0.25, 0.3) is 0 Å². The van der Waals surface area contributed by atoms with E-state index in [4.69, 9.17) is 9.47 Å². The number of benzene rings is 3. The summed E-state index contributed by atoms with van der Waals surface area (Å²) in [6.45, 7) is 0.630. The maximum absolute atomic E-state index is 12.4. The van der Waals surface area contributed by atoms with Crippen molar-refractivity contribution in [1.82, 2.24) is 0 Å². The van der Waals surface area contributed by atoms with Crippen molar-refractivity contribution in [2.75, 3.05) is 25.7 Å². The normalized spacial score (nSPS) is 15.7. The highest BCUT2D eigenvalue weighted by Gasteiger charge is 2.36. The lowest BCUT2D eigenvalue weighted by molar-refractivity contribution is 0.178. The molecule has 147 valence electrons. The molecule has 0 aromatic heterocycles. The lowest BCUT2D eigenvalue weighted by Gasteiger charge is -2.37. The van der Waals surface area contributed by atoms with Crippen LogP contribution >= 0.6 is 0 Å². The molecule has 3 aromatic rings. The quantitative estimate of drug-likeness (QED) is 0.626. The van der Waals surface area contributed by atoms with Crippen molar-refractivity contribution in [3.63, 3.8) is 0 Å². The lowest BCUT2D eigenvalue weighted by atomic mass is 10.0. The number of methoxy groups -OCH3 is 2. The Morgan fingerprint density at radius 2 is 1.55 bits per heavy atom. The molecule has 29 heavy (non-hydrogen) atoms. The van der Waals surface area contributed by atoms with E-state index in [0.29, 0.717) is 12.1 Å². The largest absolute Gasteiger partial charge is 0.497 e. The van der Waals surface area contributed by atoms with Crippen molar-refractivity contribution in [3.8, 4) is 5.75 Å². The van der Waals surface area contributed by atoms with Crippen molar-refractivity contribution in [2.45, 2.75) is 12.0 Å². The zero-order chi connectivity index (χ0) is 20.2. The Morgan fingerprint density at radius 3 is 2.10 bits per heavy atom. The first-order valence-corrected chi connectivity index (χ1v) is 11.3. The van der Waals surface area contributed by atoms with E-state index >= 15 is 0 Å². The van der Waals surface area contributed by atoms with E-state index in [-0.39, 0.29) is 6.09 Å². The average Bonchev–Trinajstić information content (AvgIpc) is 2.80. The summed E-state index contributed by atoms with van der Waals surface area (Å²) >= 11 is 0. The monoisotopic (exact) mass is 402 g/mol. The molecule has 0 unspecified atom stereocenters. The van der Waals surface area contributed by atoms with Crippen molar-refractivity contribution >= 4 is 31.0 Å². The molecule has 1 radical (unpaired) electrons. The molecule has 1 aliphatic heterocycles. The zero-order valence-electron chi connectivity index (χ0n) is 16.7. The third kappa shape index (κ3) is 3.78. The second-order valence-corrected chi connectivity index (χ2v) is 9.71. The molecule has 5 heteroatoms. The first kappa shape index (κ1) is 19.3. The molecule has 0 saturated carbocycles. The molecule has 0 spiro atoms. The van der Waals surface area contributed by atoms with Crippen LogP contribution in [0, 0.1) is 0 Å². The SMILES string of the molecule is COC(=O)N1CC[C@@H]([Si](c2ccccc2)c2ccccc2)c2ccc(OC)cc21. The molecule has 3 aromatic carbocycles. The van der Waals surface area contributed by atoms with Crippen LogP contribution in [-0.2, 0) is 4.74 Å². The molecule has 0 bridgehead atoms. The van der Waals surface area contributed by atoms with Crippen molar-refractivity contribution in [1.29, 1.82) is 0 Å². The number of rotatable bonds is 4. The van der Waals surface area contributed by atoms with Crippen LogP contribution in [0.4, 0.5) is 10.5 Å². The summed E-state index contributed by atoms with van der Waals surface area (Å²) in [5.74, 6) is 0.742. The molecule has 0 N–H and O–H groups in total. The molecule has 1 heterocycles. The zero-order valence-corrected chi connectivity index (χ0v) is 17.7. The van der Waals surface area contributed by atoms with Crippen LogP contribution in [0.5, 0.6) is 5.75 Å². The maximum atomic E-state index is 12.4. The smallest absolute Gasteiger partial charge is 0.414 e. The molecule has 1 atom stereocenters. The predicted octanol–water partition coefficient (Wildman–Crippen LogP) is 3.60. The van der Waals surface area contributed by atoms with Gasteiger partial charge in [-0.1, -0.05) is 77.1 Å².